The minimum absolute atomic E-state index is 0.0313. The smallest absolute Gasteiger partial charge is 0.334 e. The first-order valence-electron chi connectivity index (χ1n) is 8.70. The summed E-state index contributed by atoms with van der Waals surface area (Å²) in [4.78, 5) is 30.5. The van der Waals surface area contributed by atoms with Crippen molar-refractivity contribution in [3.63, 3.8) is 0 Å². The molecule has 4 rings (SSSR count). The molecule has 0 radical (unpaired) electrons. The molecule has 2 fully saturated rings. The van der Waals surface area contributed by atoms with Crippen LogP contribution in [0.15, 0.2) is 24.3 Å². The molecule has 1 amide bonds. The maximum absolute atomic E-state index is 13.8. The van der Waals surface area contributed by atoms with E-state index in [9.17, 15) is 19.1 Å². The molecule has 2 aliphatic rings. The molecule has 1 aliphatic carbocycles. The number of rotatable bonds is 3. The van der Waals surface area contributed by atoms with E-state index in [0.717, 1.165) is 18.5 Å². The standard InChI is InChI=1S/C19H19FN2O4/c1-10-8-22(9-17(26-10)19(24)25)18(23)14-7-16(11-2-3-11)21-15-5-4-12(20)6-13(14)15/h4-7,10-11,17H,2-3,8-9H2,1H3,(H,24,25)/t10-,17?/m1/s1. The Morgan fingerprint density at radius 1 is 1.27 bits per heavy atom. The van der Waals surface area contributed by atoms with Crippen LogP contribution in [0.3, 0.4) is 0 Å². The Morgan fingerprint density at radius 2 is 2.04 bits per heavy atom. The van der Waals surface area contributed by atoms with Gasteiger partial charge >= 0.3 is 5.97 Å². The van der Waals surface area contributed by atoms with Crippen molar-refractivity contribution in [2.45, 2.75) is 37.9 Å². The van der Waals surface area contributed by atoms with Gasteiger partial charge in [0.15, 0.2) is 6.10 Å². The van der Waals surface area contributed by atoms with Crippen LogP contribution in [-0.4, -0.2) is 52.2 Å². The molecule has 6 nitrogen and oxygen atoms in total. The van der Waals surface area contributed by atoms with Crippen LogP contribution in [0.2, 0.25) is 0 Å². The average Bonchev–Trinajstić information content (AvgIpc) is 3.44. The van der Waals surface area contributed by atoms with E-state index in [1.54, 1.807) is 19.1 Å². The molecular formula is C19H19FN2O4. The molecule has 26 heavy (non-hydrogen) atoms. The Balaban J connectivity index is 1.75. The summed E-state index contributed by atoms with van der Waals surface area (Å²) in [5, 5.41) is 9.69. The molecule has 1 aromatic carbocycles. The van der Waals surface area contributed by atoms with Crippen molar-refractivity contribution in [3.8, 4) is 0 Å². The number of aliphatic carboxylic acids is 1. The Bertz CT molecular complexity index is 896. The van der Waals surface area contributed by atoms with E-state index in [-0.39, 0.29) is 18.6 Å². The van der Waals surface area contributed by atoms with Crippen LogP contribution in [0.4, 0.5) is 4.39 Å². The summed E-state index contributed by atoms with van der Waals surface area (Å²) >= 11 is 0. The first-order chi connectivity index (χ1) is 12.4. The van der Waals surface area contributed by atoms with Gasteiger partial charge in [0, 0.05) is 23.5 Å². The minimum Gasteiger partial charge on any atom is -0.479 e. The number of carboxylic acid groups (broad SMARTS) is 1. The highest BCUT2D eigenvalue weighted by atomic mass is 19.1. The zero-order chi connectivity index (χ0) is 18.4. The second-order valence-corrected chi connectivity index (χ2v) is 7.01. The van der Waals surface area contributed by atoms with E-state index in [1.807, 2.05) is 0 Å². The molecule has 2 heterocycles. The molecule has 1 unspecified atom stereocenters. The Labute approximate surface area is 149 Å². The van der Waals surface area contributed by atoms with E-state index in [0.29, 0.717) is 28.9 Å². The monoisotopic (exact) mass is 358 g/mol. The van der Waals surface area contributed by atoms with Crippen LogP contribution in [0.5, 0.6) is 0 Å². The number of fused-ring (bicyclic) bond motifs is 1. The summed E-state index contributed by atoms with van der Waals surface area (Å²) in [6, 6.07) is 5.95. The van der Waals surface area contributed by atoms with Crippen molar-refractivity contribution < 1.29 is 23.8 Å². The number of pyridine rings is 1. The lowest BCUT2D eigenvalue weighted by atomic mass is 10.0. The number of nitrogens with zero attached hydrogens (tertiary/aromatic N) is 2. The molecule has 1 N–H and O–H groups in total. The number of hydrogen-bond acceptors (Lipinski definition) is 4. The number of carbonyl (C=O) groups excluding carboxylic acids is 1. The van der Waals surface area contributed by atoms with Crippen LogP contribution in [0.25, 0.3) is 10.9 Å². The Hall–Kier alpha value is -2.54. The minimum atomic E-state index is -1.10. The summed E-state index contributed by atoms with van der Waals surface area (Å²) < 4.78 is 19.2. The second kappa shape index (κ2) is 6.32. The average molecular weight is 358 g/mol. The van der Waals surface area contributed by atoms with Gasteiger partial charge < -0.3 is 14.7 Å². The second-order valence-electron chi connectivity index (χ2n) is 7.01. The quantitative estimate of drug-likeness (QED) is 0.912. The molecule has 1 saturated carbocycles. The first-order valence-corrected chi connectivity index (χ1v) is 8.70. The highest BCUT2D eigenvalue weighted by molar-refractivity contribution is 6.06. The molecule has 1 aliphatic heterocycles. The maximum atomic E-state index is 13.8. The Morgan fingerprint density at radius 3 is 2.73 bits per heavy atom. The van der Waals surface area contributed by atoms with Gasteiger partial charge in [-0.3, -0.25) is 9.78 Å². The molecule has 7 heteroatoms. The fourth-order valence-corrected chi connectivity index (χ4v) is 3.41. The van der Waals surface area contributed by atoms with Crippen LogP contribution < -0.4 is 0 Å². The molecule has 0 bridgehead atoms. The first kappa shape index (κ1) is 16.9. The van der Waals surface area contributed by atoms with Gasteiger partial charge in [-0.2, -0.15) is 0 Å². The van der Waals surface area contributed by atoms with Crippen molar-refractivity contribution in [2.24, 2.45) is 0 Å². The number of carbonyl (C=O) groups is 2. The predicted octanol–water partition coefficient (Wildman–Crippen LogP) is 2.57. The summed E-state index contributed by atoms with van der Waals surface area (Å²) in [5.41, 5.74) is 1.79. The molecular weight excluding hydrogens is 339 g/mol. The maximum Gasteiger partial charge on any atom is 0.334 e. The van der Waals surface area contributed by atoms with E-state index in [1.165, 1.54) is 17.0 Å². The fourth-order valence-electron chi connectivity index (χ4n) is 3.41. The van der Waals surface area contributed by atoms with E-state index < -0.39 is 17.9 Å². The largest absolute Gasteiger partial charge is 0.479 e. The summed E-state index contributed by atoms with van der Waals surface area (Å²) in [7, 11) is 0. The fraction of sp³-hybridized carbons (Fsp3) is 0.421. The van der Waals surface area contributed by atoms with E-state index in [2.05, 4.69) is 4.98 Å². The van der Waals surface area contributed by atoms with E-state index in [4.69, 9.17) is 4.74 Å². The number of amides is 1. The SMILES string of the molecule is C[C@@H]1CN(C(=O)c2cc(C3CC3)nc3ccc(F)cc23)CC(C(=O)O)O1. The number of morpholine rings is 1. The molecule has 1 saturated heterocycles. The van der Waals surface area contributed by atoms with E-state index >= 15 is 0 Å². The van der Waals surface area contributed by atoms with Gasteiger partial charge in [-0.1, -0.05) is 0 Å². The molecule has 2 aromatic rings. The third kappa shape index (κ3) is 3.14. The van der Waals surface area contributed by atoms with Crippen molar-refractivity contribution in [2.75, 3.05) is 13.1 Å². The van der Waals surface area contributed by atoms with Crippen molar-refractivity contribution in [3.05, 3.63) is 41.3 Å². The summed E-state index contributed by atoms with van der Waals surface area (Å²) in [5.74, 6) is -1.51. The van der Waals surface area contributed by atoms with Crippen LogP contribution in [0, 0.1) is 5.82 Å². The van der Waals surface area contributed by atoms with Crippen molar-refractivity contribution >= 4 is 22.8 Å². The van der Waals surface area contributed by atoms with Crippen molar-refractivity contribution in [1.82, 2.24) is 9.88 Å². The lowest BCUT2D eigenvalue weighted by Gasteiger charge is -2.35. The van der Waals surface area contributed by atoms with Crippen molar-refractivity contribution in [1.29, 1.82) is 0 Å². The van der Waals surface area contributed by atoms with Gasteiger partial charge in [-0.15, -0.1) is 0 Å². The normalized spacial score (nSPS) is 23.2. The number of hydrogen-bond donors (Lipinski definition) is 1. The predicted molar refractivity (Wildman–Crippen MR) is 91.6 cm³/mol. The lowest BCUT2D eigenvalue weighted by molar-refractivity contribution is -0.160. The Kier molecular flexibility index (Phi) is 4.11. The zero-order valence-electron chi connectivity index (χ0n) is 14.3. The zero-order valence-corrected chi connectivity index (χ0v) is 14.3. The van der Waals surface area contributed by atoms with Gasteiger partial charge in [-0.25, -0.2) is 9.18 Å². The number of benzene rings is 1. The number of halogens is 1. The van der Waals surface area contributed by atoms with Gasteiger partial charge in [0.25, 0.3) is 5.91 Å². The van der Waals surface area contributed by atoms with Gasteiger partial charge in [0.2, 0.25) is 0 Å². The van der Waals surface area contributed by atoms with Crippen LogP contribution in [-0.2, 0) is 9.53 Å². The number of carboxylic acids is 1. The van der Waals surface area contributed by atoms with Gasteiger partial charge in [0.1, 0.15) is 5.82 Å². The topological polar surface area (TPSA) is 79.7 Å². The molecule has 0 spiro atoms. The highest BCUT2D eigenvalue weighted by Crippen LogP contribution is 2.40. The number of ether oxygens (including phenoxy) is 1. The molecule has 2 atom stereocenters. The van der Waals surface area contributed by atoms with Gasteiger partial charge in [-0.05, 0) is 44.0 Å². The lowest BCUT2D eigenvalue weighted by Crippen LogP contribution is -2.51. The third-order valence-corrected chi connectivity index (χ3v) is 4.84. The molecule has 136 valence electrons. The van der Waals surface area contributed by atoms with Crippen LogP contribution in [0.1, 0.15) is 41.7 Å². The van der Waals surface area contributed by atoms with Gasteiger partial charge in [0.05, 0.1) is 23.7 Å². The number of aromatic nitrogens is 1. The van der Waals surface area contributed by atoms with Crippen LogP contribution >= 0.6 is 0 Å². The summed E-state index contributed by atoms with van der Waals surface area (Å²) in [6.45, 7) is 1.99. The summed E-state index contributed by atoms with van der Waals surface area (Å²) in [6.07, 6.45) is 0.614. The molecule has 1 aromatic heterocycles. The third-order valence-electron chi connectivity index (χ3n) is 4.84. The highest BCUT2D eigenvalue weighted by Gasteiger charge is 2.34.